The van der Waals surface area contributed by atoms with Gasteiger partial charge in [0.25, 0.3) is 0 Å². The summed E-state index contributed by atoms with van der Waals surface area (Å²) < 4.78 is 6.50. The molecule has 0 aliphatic carbocycles. The van der Waals surface area contributed by atoms with Gasteiger partial charge in [-0.05, 0) is 41.3 Å². The Kier molecular flexibility index (Phi) is 4.25. The second-order valence-electron chi connectivity index (χ2n) is 8.36. The van der Waals surface area contributed by atoms with Gasteiger partial charge in [0, 0.05) is 39.7 Å². The summed E-state index contributed by atoms with van der Waals surface area (Å²) in [5, 5.41) is 3.25. The third-order valence-electron chi connectivity index (χ3n) is 6.06. The Labute approximate surface area is 185 Å². The number of hydrogen-bond acceptors (Lipinski definition) is 4. The van der Waals surface area contributed by atoms with E-state index in [1.54, 1.807) is 12.5 Å². The third-order valence-corrected chi connectivity index (χ3v) is 6.06. The molecule has 0 N–H and O–H groups in total. The van der Waals surface area contributed by atoms with Crippen LogP contribution in [-0.2, 0) is 0 Å². The van der Waals surface area contributed by atoms with Crippen molar-refractivity contribution in [3.63, 3.8) is 0 Å². The van der Waals surface area contributed by atoms with Gasteiger partial charge in [-0.3, -0.25) is 4.98 Å². The van der Waals surface area contributed by atoms with E-state index < -0.39 is 0 Å². The summed E-state index contributed by atoms with van der Waals surface area (Å²) in [5.41, 5.74) is 7.95. The molecule has 3 aromatic carbocycles. The van der Waals surface area contributed by atoms with Gasteiger partial charge in [-0.15, -0.1) is 0 Å². The Morgan fingerprint density at radius 3 is 2.41 bits per heavy atom. The molecule has 0 atom stereocenters. The minimum Gasteiger partial charge on any atom is -0.455 e. The van der Waals surface area contributed by atoms with Gasteiger partial charge in [0.1, 0.15) is 17.5 Å². The van der Waals surface area contributed by atoms with E-state index in [1.807, 2.05) is 12.3 Å². The summed E-state index contributed by atoms with van der Waals surface area (Å²) in [6.07, 6.45) is 5.28. The van der Waals surface area contributed by atoms with E-state index >= 15 is 0 Å². The maximum absolute atomic E-state index is 6.50. The molecule has 154 valence electrons. The van der Waals surface area contributed by atoms with Crippen LogP contribution in [0.2, 0.25) is 0 Å². The highest BCUT2D eigenvalue weighted by Gasteiger charge is 2.18. The standard InChI is InChI=1S/C28H21N3O/c1-17(2)20-7-3-8-21-22-9-4-10-24(28(22)32-27(20)21)26-23-12-11-18(14-25(23)30-16-31-26)19-6-5-13-29-15-19/h3-17H,1-2H3. The first-order chi connectivity index (χ1) is 15.7. The molecule has 0 radical (unpaired) electrons. The van der Waals surface area contributed by atoms with Crippen LogP contribution >= 0.6 is 0 Å². The smallest absolute Gasteiger partial charge is 0.144 e. The summed E-state index contributed by atoms with van der Waals surface area (Å²) in [5.74, 6) is 0.383. The van der Waals surface area contributed by atoms with Crippen LogP contribution < -0.4 is 0 Å². The number of pyridine rings is 1. The molecule has 0 bridgehead atoms. The highest BCUT2D eigenvalue weighted by atomic mass is 16.3. The number of fused-ring (bicyclic) bond motifs is 4. The Hall–Kier alpha value is -4.05. The van der Waals surface area contributed by atoms with Gasteiger partial charge in [-0.25, -0.2) is 9.97 Å². The van der Waals surface area contributed by atoms with Gasteiger partial charge in [-0.1, -0.05) is 56.3 Å². The van der Waals surface area contributed by atoms with Crippen molar-refractivity contribution in [2.45, 2.75) is 19.8 Å². The number of hydrogen-bond donors (Lipinski definition) is 0. The number of aromatic nitrogens is 3. The molecular weight excluding hydrogens is 394 g/mol. The SMILES string of the molecule is CC(C)c1cccc2c1oc1c(-c3ncnc4cc(-c5cccnc5)ccc34)cccc12. The molecule has 6 aromatic rings. The number of nitrogens with zero attached hydrogens (tertiary/aromatic N) is 3. The molecule has 6 rings (SSSR count). The van der Waals surface area contributed by atoms with Gasteiger partial charge < -0.3 is 4.42 Å². The summed E-state index contributed by atoms with van der Waals surface area (Å²) >= 11 is 0. The Morgan fingerprint density at radius 1 is 0.750 bits per heavy atom. The van der Waals surface area contributed by atoms with E-state index in [2.05, 4.69) is 89.5 Å². The van der Waals surface area contributed by atoms with Crippen molar-refractivity contribution in [2.75, 3.05) is 0 Å². The molecule has 0 fully saturated rings. The molecule has 0 saturated heterocycles. The van der Waals surface area contributed by atoms with E-state index in [0.717, 1.165) is 55.2 Å². The number of rotatable bonds is 3. The van der Waals surface area contributed by atoms with Crippen LogP contribution in [0.4, 0.5) is 0 Å². The Morgan fingerprint density at radius 2 is 1.59 bits per heavy atom. The molecule has 0 unspecified atom stereocenters. The highest BCUT2D eigenvalue weighted by Crippen LogP contribution is 2.39. The van der Waals surface area contributed by atoms with E-state index in [0.29, 0.717) is 5.92 Å². The first-order valence-corrected chi connectivity index (χ1v) is 10.8. The second-order valence-corrected chi connectivity index (χ2v) is 8.36. The predicted octanol–water partition coefficient (Wildman–Crippen LogP) is 7.38. The molecule has 0 amide bonds. The van der Waals surface area contributed by atoms with Crippen LogP contribution in [0, 0.1) is 0 Å². The first-order valence-electron chi connectivity index (χ1n) is 10.8. The van der Waals surface area contributed by atoms with Crippen LogP contribution in [0.5, 0.6) is 0 Å². The summed E-state index contributed by atoms with van der Waals surface area (Å²) in [6.45, 7) is 4.39. The van der Waals surface area contributed by atoms with E-state index in [1.165, 1.54) is 5.56 Å². The third kappa shape index (κ3) is 2.88. The van der Waals surface area contributed by atoms with Gasteiger partial charge in [0.2, 0.25) is 0 Å². The monoisotopic (exact) mass is 415 g/mol. The van der Waals surface area contributed by atoms with Gasteiger partial charge in [0.15, 0.2) is 0 Å². The Bertz CT molecular complexity index is 1600. The molecule has 32 heavy (non-hydrogen) atoms. The predicted molar refractivity (Wildman–Crippen MR) is 130 cm³/mol. The van der Waals surface area contributed by atoms with Gasteiger partial charge in [-0.2, -0.15) is 0 Å². The zero-order valence-electron chi connectivity index (χ0n) is 17.9. The molecule has 0 aliphatic heterocycles. The van der Waals surface area contributed by atoms with Crippen molar-refractivity contribution in [3.05, 3.63) is 91.0 Å². The lowest BCUT2D eigenvalue weighted by atomic mass is 9.99. The van der Waals surface area contributed by atoms with Crippen LogP contribution in [0.25, 0.3) is 55.2 Å². The zero-order chi connectivity index (χ0) is 21.7. The van der Waals surface area contributed by atoms with Crippen molar-refractivity contribution < 1.29 is 4.42 Å². The lowest BCUT2D eigenvalue weighted by Gasteiger charge is -2.08. The topological polar surface area (TPSA) is 51.8 Å². The normalized spacial score (nSPS) is 11.7. The first kappa shape index (κ1) is 18.7. The lowest BCUT2D eigenvalue weighted by molar-refractivity contribution is 0.658. The fourth-order valence-corrected chi connectivity index (χ4v) is 4.47. The van der Waals surface area contributed by atoms with Crippen LogP contribution in [0.1, 0.15) is 25.3 Å². The minimum absolute atomic E-state index is 0.383. The molecule has 0 aliphatic rings. The molecule has 4 heteroatoms. The lowest BCUT2D eigenvalue weighted by Crippen LogP contribution is -1.90. The summed E-state index contributed by atoms with van der Waals surface area (Å²) in [7, 11) is 0. The largest absolute Gasteiger partial charge is 0.455 e. The quantitative estimate of drug-likeness (QED) is 0.302. The van der Waals surface area contributed by atoms with Crippen LogP contribution in [0.15, 0.2) is 89.9 Å². The van der Waals surface area contributed by atoms with Crippen molar-refractivity contribution in [1.29, 1.82) is 0 Å². The molecule has 3 heterocycles. The molecule has 4 nitrogen and oxygen atoms in total. The molecular formula is C28H21N3O. The fourth-order valence-electron chi connectivity index (χ4n) is 4.47. The second kappa shape index (κ2) is 7.27. The fraction of sp³-hybridized carbons (Fsp3) is 0.107. The molecule has 3 aromatic heterocycles. The highest BCUT2D eigenvalue weighted by molar-refractivity contribution is 6.12. The number of para-hydroxylation sites is 2. The average Bonchev–Trinajstić information content (AvgIpc) is 3.23. The van der Waals surface area contributed by atoms with Crippen LogP contribution in [-0.4, -0.2) is 15.0 Å². The van der Waals surface area contributed by atoms with Crippen molar-refractivity contribution in [3.8, 4) is 22.4 Å². The zero-order valence-corrected chi connectivity index (χ0v) is 17.9. The van der Waals surface area contributed by atoms with Crippen molar-refractivity contribution in [1.82, 2.24) is 15.0 Å². The van der Waals surface area contributed by atoms with E-state index in [4.69, 9.17) is 4.42 Å². The molecule has 0 saturated carbocycles. The maximum atomic E-state index is 6.50. The number of benzene rings is 3. The van der Waals surface area contributed by atoms with Crippen molar-refractivity contribution in [2.24, 2.45) is 0 Å². The van der Waals surface area contributed by atoms with E-state index in [9.17, 15) is 0 Å². The molecule has 0 spiro atoms. The summed E-state index contributed by atoms with van der Waals surface area (Å²) in [6, 6.07) is 22.9. The maximum Gasteiger partial charge on any atom is 0.144 e. The minimum atomic E-state index is 0.383. The van der Waals surface area contributed by atoms with E-state index in [-0.39, 0.29) is 0 Å². The number of furan rings is 1. The van der Waals surface area contributed by atoms with Gasteiger partial charge in [0.05, 0.1) is 11.2 Å². The van der Waals surface area contributed by atoms with Crippen LogP contribution in [0.3, 0.4) is 0 Å². The van der Waals surface area contributed by atoms with Gasteiger partial charge >= 0.3 is 0 Å². The average molecular weight is 415 g/mol. The van der Waals surface area contributed by atoms with Crippen molar-refractivity contribution >= 4 is 32.8 Å². The Balaban J connectivity index is 1.59. The summed E-state index contributed by atoms with van der Waals surface area (Å²) in [4.78, 5) is 13.5.